The van der Waals surface area contributed by atoms with Crippen LogP contribution in [0.15, 0.2) is 10.7 Å². The summed E-state index contributed by atoms with van der Waals surface area (Å²) in [7, 11) is 3.91. The molecule has 0 bridgehead atoms. The summed E-state index contributed by atoms with van der Waals surface area (Å²) in [5.41, 5.74) is 0. The molecular weight excluding hydrogens is 272 g/mol. The van der Waals surface area contributed by atoms with Crippen LogP contribution in [0.1, 0.15) is 11.9 Å². The van der Waals surface area contributed by atoms with Crippen molar-refractivity contribution in [3.05, 3.63) is 16.5 Å². The normalized spacial score (nSPS) is 22.1. The van der Waals surface area contributed by atoms with Gasteiger partial charge in [-0.3, -0.25) is 0 Å². The molecule has 1 unspecified atom stereocenters. The third kappa shape index (κ3) is 2.50. The molecule has 0 aromatic carbocycles. The van der Waals surface area contributed by atoms with E-state index in [9.17, 15) is 0 Å². The summed E-state index contributed by atoms with van der Waals surface area (Å²) in [6.45, 7) is 2.53. The molecule has 1 aliphatic heterocycles. The fraction of sp³-hybridized carbons (Fsp3) is 0.600. The number of halogens is 1. The van der Waals surface area contributed by atoms with E-state index in [-0.39, 0.29) is 6.10 Å². The Bertz CT molecular complexity index is 374. The van der Waals surface area contributed by atoms with E-state index in [2.05, 4.69) is 43.2 Å². The number of nitrogens with one attached hydrogen (secondary N) is 1. The number of likely N-dealkylation sites (N-methyl/N-ethyl adjacent to an activating group) is 1. The zero-order valence-corrected chi connectivity index (χ0v) is 11.0. The van der Waals surface area contributed by atoms with Crippen molar-refractivity contribution in [1.29, 1.82) is 0 Å². The van der Waals surface area contributed by atoms with E-state index in [0.29, 0.717) is 0 Å². The Balaban J connectivity index is 2.19. The highest BCUT2D eigenvalue weighted by molar-refractivity contribution is 9.10. The molecule has 0 amide bonds. The number of morpholine rings is 1. The lowest BCUT2D eigenvalue weighted by Crippen LogP contribution is -2.36. The minimum atomic E-state index is -0.0288. The fourth-order valence-corrected chi connectivity index (χ4v) is 2.03. The van der Waals surface area contributed by atoms with Gasteiger partial charge >= 0.3 is 0 Å². The van der Waals surface area contributed by atoms with Crippen LogP contribution in [0, 0.1) is 0 Å². The molecule has 1 aliphatic rings. The first kappa shape index (κ1) is 11.8. The molecule has 5 nitrogen and oxygen atoms in total. The lowest BCUT2D eigenvalue weighted by molar-refractivity contribution is -0.0254. The molecule has 1 saturated heterocycles. The number of ether oxygens (including phenoxy) is 1. The van der Waals surface area contributed by atoms with Gasteiger partial charge in [0.05, 0.1) is 11.1 Å². The highest BCUT2D eigenvalue weighted by atomic mass is 79.9. The van der Waals surface area contributed by atoms with Gasteiger partial charge in [-0.1, -0.05) is 0 Å². The van der Waals surface area contributed by atoms with Crippen LogP contribution < -0.4 is 5.32 Å². The third-order valence-corrected chi connectivity index (χ3v) is 3.14. The van der Waals surface area contributed by atoms with Crippen molar-refractivity contribution in [3.8, 4) is 0 Å². The van der Waals surface area contributed by atoms with E-state index in [1.54, 1.807) is 6.20 Å². The summed E-state index contributed by atoms with van der Waals surface area (Å²) in [6.07, 6.45) is 1.73. The molecule has 2 heterocycles. The molecule has 0 spiro atoms. The molecule has 88 valence electrons. The summed E-state index contributed by atoms with van der Waals surface area (Å²) in [5.74, 6) is 1.53. The Kier molecular flexibility index (Phi) is 3.73. The van der Waals surface area contributed by atoms with Gasteiger partial charge in [0.15, 0.2) is 5.82 Å². The van der Waals surface area contributed by atoms with Gasteiger partial charge in [0.2, 0.25) is 0 Å². The van der Waals surface area contributed by atoms with Crippen molar-refractivity contribution in [2.45, 2.75) is 6.10 Å². The van der Waals surface area contributed by atoms with Crippen molar-refractivity contribution in [2.24, 2.45) is 0 Å². The van der Waals surface area contributed by atoms with Gasteiger partial charge < -0.3 is 15.0 Å². The topological polar surface area (TPSA) is 50.3 Å². The molecular formula is C10H15BrN4O. The maximum Gasteiger partial charge on any atom is 0.160 e. The van der Waals surface area contributed by atoms with Crippen LogP contribution in [-0.4, -0.2) is 48.7 Å². The number of anilines is 1. The van der Waals surface area contributed by atoms with E-state index in [4.69, 9.17) is 4.74 Å². The predicted molar refractivity (Wildman–Crippen MR) is 65.5 cm³/mol. The third-order valence-electron chi connectivity index (χ3n) is 2.56. The van der Waals surface area contributed by atoms with E-state index in [0.717, 1.165) is 35.8 Å². The summed E-state index contributed by atoms with van der Waals surface area (Å²) in [4.78, 5) is 10.9. The molecule has 0 aliphatic carbocycles. The second-order valence-corrected chi connectivity index (χ2v) is 4.65. The van der Waals surface area contributed by atoms with Gasteiger partial charge in [0, 0.05) is 26.3 Å². The molecule has 2 rings (SSSR count). The van der Waals surface area contributed by atoms with Gasteiger partial charge in [0.1, 0.15) is 11.9 Å². The number of rotatable bonds is 2. The van der Waals surface area contributed by atoms with Crippen LogP contribution >= 0.6 is 15.9 Å². The van der Waals surface area contributed by atoms with Crippen LogP contribution in [0.25, 0.3) is 0 Å². The van der Waals surface area contributed by atoms with Crippen molar-refractivity contribution >= 4 is 21.7 Å². The van der Waals surface area contributed by atoms with E-state index >= 15 is 0 Å². The van der Waals surface area contributed by atoms with Gasteiger partial charge in [-0.15, -0.1) is 0 Å². The molecule has 6 heteroatoms. The minimum absolute atomic E-state index is 0.0288. The van der Waals surface area contributed by atoms with Gasteiger partial charge in [0.25, 0.3) is 0 Å². The first-order valence-electron chi connectivity index (χ1n) is 5.21. The summed E-state index contributed by atoms with van der Waals surface area (Å²) < 4.78 is 6.53. The molecule has 1 N–H and O–H groups in total. The Labute approximate surface area is 103 Å². The molecule has 0 radical (unpaired) electrons. The quantitative estimate of drug-likeness (QED) is 0.888. The van der Waals surface area contributed by atoms with Crippen LogP contribution in [-0.2, 0) is 4.74 Å². The summed E-state index contributed by atoms with van der Waals surface area (Å²) in [5, 5.41) is 3.02. The number of hydrogen-bond acceptors (Lipinski definition) is 5. The average Bonchev–Trinajstić information content (AvgIpc) is 2.29. The first-order chi connectivity index (χ1) is 7.70. The van der Waals surface area contributed by atoms with Gasteiger partial charge in [-0.25, -0.2) is 9.97 Å². The highest BCUT2D eigenvalue weighted by Crippen LogP contribution is 2.23. The Hall–Kier alpha value is -0.720. The maximum atomic E-state index is 5.66. The maximum absolute atomic E-state index is 5.66. The lowest BCUT2D eigenvalue weighted by Gasteiger charge is -2.29. The lowest BCUT2D eigenvalue weighted by atomic mass is 10.2. The zero-order valence-electron chi connectivity index (χ0n) is 9.40. The molecule has 16 heavy (non-hydrogen) atoms. The standard InChI is InChI=1S/C10H15BrN4O/c1-12-9-7(11)5-13-10(14-9)8-6-15(2)3-4-16-8/h5,8H,3-4,6H2,1-2H3,(H,12,13,14). The van der Waals surface area contributed by atoms with Crippen molar-refractivity contribution in [3.63, 3.8) is 0 Å². The molecule has 1 atom stereocenters. The number of aromatic nitrogens is 2. The molecule has 0 saturated carbocycles. The zero-order chi connectivity index (χ0) is 11.5. The average molecular weight is 287 g/mol. The first-order valence-corrected chi connectivity index (χ1v) is 6.00. The van der Waals surface area contributed by atoms with Crippen LogP contribution in [0.2, 0.25) is 0 Å². The number of nitrogens with zero attached hydrogens (tertiary/aromatic N) is 3. The SMILES string of the molecule is CNc1nc(C2CN(C)CCO2)ncc1Br. The van der Waals surface area contributed by atoms with Crippen molar-refractivity contribution in [2.75, 3.05) is 39.1 Å². The molecule has 1 aromatic heterocycles. The highest BCUT2D eigenvalue weighted by Gasteiger charge is 2.22. The fourth-order valence-electron chi connectivity index (χ4n) is 1.65. The van der Waals surface area contributed by atoms with E-state index < -0.39 is 0 Å². The largest absolute Gasteiger partial charge is 0.372 e. The minimum Gasteiger partial charge on any atom is -0.372 e. The van der Waals surface area contributed by atoms with Crippen LogP contribution in [0.4, 0.5) is 5.82 Å². The predicted octanol–water partition coefficient (Wildman–Crippen LogP) is 1.28. The Morgan fingerprint density at radius 1 is 1.62 bits per heavy atom. The summed E-state index contributed by atoms with van der Waals surface area (Å²) >= 11 is 3.39. The van der Waals surface area contributed by atoms with Crippen molar-refractivity contribution in [1.82, 2.24) is 14.9 Å². The summed E-state index contributed by atoms with van der Waals surface area (Å²) in [6, 6.07) is 0. The second-order valence-electron chi connectivity index (χ2n) is 3.80. The number of hydrogen-bond donors (Lipinski definition) is 1. The van der Waals surface area contributed by atoms with Gasteiger partial charge in [-0.05, 0) is 23.0 Å². The van der Waals surface area contributed by atoms with E-state index in [1.807, 2.05) is 7.05 Å². The smallest absolute Gasteiger partial charge is 0.160 e. The van der Waals surface area contributed by atoms with Crippen LogP contribution in [0.3, 0.4) is 0 Å². The monoisotopic (exact) mass is 286 g/mol. The van der Waals surface area contributed by atoms with Crippen LogP contribution in [0.5, 0.6) is 0 Å². The molecule has 1 aromatic rings. The molecule has 1 fully saturated rings. The second kappa shape index (κ2) is 5.07. The Morgan fingerprint density at radius 2 is 2.44 bits per heavy atom. The van der Waals surface area contributed by atoms with Gasteiger partial charge in [-0.2, -0.15) is 0 Å². The van der Waals surface area contributed by atoms with E-state index in [1.165, 1.54) is 0 Å². The Morgan fingerprint density at radius 3 is 3.12 bits per heavy atom. The van der Waals surface area contributed by atoms with Crippen molar-refractivity contribution < 1.29 is 4.74 Å².